The smallest absolute Gasteiger partial charge is 0.203 e. The number of benzene rings is 1. The van der Waals surface area contributed by atoms with Crippen LogP contribution in [-0.2, 0) is 9.84 Å². The fraction of sp³-hybridized carbons (Fsp3) is 0.154. The van der Waals surface area contributed by atoms with Gasteiger partial charge in [-0.1, -0.05) is 0 Å². The van der Waals surface area contributed by atoms with Gasteiger partial charge in [0.05, 0.1) is 9.77 Å². The van der Waals surface area contributed by atoms with Crippen molar-refractivity contribution in [3.05, 3.63) is 45.6 Å². The first-order valence-corrected chi connectivity index (χ1v) is 8.20. The molecule has 0 amide bonds. The van der Waals surface area contributed by atoms with Crippen molar-refractivity contribution in [1.29, 1.82) is 0 Å². The maximum Gasteiger partial charge on any atom is 0.203 e. The van der Waals surface area contributed by atoms with Gasteiger partial charge < -0.3 is 5.73 Å². The molecule has 4 nitrogen and oxygen atoms in total. The van der Waals surface area contributed by atoms with Crippen LogP contribution >= 0.6 is 11.3 Å². The van der Waals surface area contributed by atoms with E-state index in [1.807, 2.05) is 13.0 Å². The largest absolute Gasteiger partial charge is 0.399 e. The minimum absolute atomic E-state index is 0.0594. The van der Waals surface area contributed by atoms with E-state index in [-0.39, 0.29) is 16.4 Å². The standard InChI is InChI=1S/C13H13NO3S2/c1-8-3-4-12(18-8)13(15)9-5-10(14)7-11(6-9)19(2,16)17/h3-7H,14H2,1-2H3. The van der Waals surface area contributed by atoms with Crippen molar-refractivity contribution in [2.24, 2.45) is 0 Å². The second kappa shape index (κ2) is 4.79. The van der Waals surface area contributed by atoms with Crippen LogP contribution in [0.5, 0.6) is 0 Å². The number of hydrogen-bond acceptors (Lipinski definition) is 5. The average Bonchev–Trinajstić information content (AvgIpc) is 2.73. The van der Waals surface area contributed by atoms with Gasteiger partial charge in [0.25, 0.3) is 0 Å². The molecule has 1 aromatic heterocycles. The van der Waals surface area contributed by atoms with Crippen LogP contribution in [0.4, 0.5) is 5.69 Å². The molecule has 0 aliphatic rings. The molecule has 6 heteroatoms. The number of sulfone groups is 1. The number of carbonyl (C=O) groups is 1. The summed E-state index contributed by atoms with van der Waals surface area (Å²) in [6.07, 6.45) is 1.09. The Balaban J connectivity index is 2.52. The van der Waals surface area contributed by atoms with E-state index >= 15 is 0 Å². The van der Waals surface area contributed by atoms with E-state index in [2.05, 4.69) is 0 Å². The molecule has 2 rings (SSSR count). The number of carbonyl (C=O) groups excluding carboxylic acids is 1. The SMILES string of the molecule is Cc1ccc(C(=O)c2cc(N)cc(S(C)(=O)=O)c2)s1. The zero-order chi connectivity index (χ0) is 14.2. The van der Waals surface area contributed by atoms with E-state index in [4.69, 9.17) is 5.73 Å². The first-order valence-electron chi connectivity index (χ1n) is 5.49. The third kappa shape index (κ3) is 3.02. The maximum atomic E-state index is 12.3. The second-order valence-electron chi connectivity index (χ2n) is 4.30. The van der Waals surface area contributed by atoms with Crippen molar-refractivity contribution in [2.45, 2.75) is 11.8 Å². The molecule has 0 saturated carbocycles. The van der Waals surface area contributed by atoms with Gasteiger partial charge in [0, 0.05) is 22.4 Å². The molecule has 0 aliphatic heterocycles. The average molecular weight is 295 g/mol. The van der Waals surface area contributed by atoms with Crippen LogP contribution in [0.15, 0.2) is 35.2 Å². The van der Waals surface area contributed by atoms with Crippen LogP contribution in [0.3, 0.4) is 0 Å². The molecule has 0 spiro atoms. The molecule has 0 bridgehead atoms. The number of aryl methyl sites for hydroxylation is 1. The molecular weight excluding hydrogens is 282 g/mol. The summed E-state index contributed by atoms with van der Waals surface area (Å²) >= 11 is 1.37. The Labute approximate surface area is 115 Å². The van der Waals surface area contributed by atoms with E-state index in [9.17, 15) is 13.2 Å². The van der Waals surface area contributed by atoms with Crippen molar-refractivity contribution in [3.8, 4) is 0 Å². The summed E-state index contributed by atoms with van der Waals surface area (Å²) in [5.74, 6) is -0.213. The summed E-state index contributed by atoms with van der Waals surface area (Å²) in [4.78, 5) is 13.9. The van der Waals surface area contributed by atoms with E-state index < -0.39 is 9.84 Å². The van der Waals surface area contributed by atoms with Crippen LogP contribution in [0, 0.1) is 6.92 Å². The van der Waals surface area contributed by atoms with Crippen molar-refractivity contribution in [2.75, 3.05) is 12.0 Å². The number of nitrogen functional groups attached to an aromatic ring is 1. The summed E-state index contributed by atoms with van der Waals surface area (Å²) in [6, 6.07) is 7.79. The Morgan fingerprint density at radius 2 is 1.89 bits per heavy atom. The van der Waals surface area contributed by atoms with Crippen molar-refractivity contribution in [1.82, 2.24) is 0 Å². The van der Waals surface area contributed by atoms with E-state index in [0.717, 1.165) is 11.1 Å². The van der Waals surface area contributed by atoms with E-state index in [1.165, 1.54) is 29.5 Å². The van der Waals surface area contributed by atoms with Crippen LogP contribution in [-0.4, -0.2) is 20.5 Å². The van der Waals surface area contributed by atoms with Gasteiger partial charge in [0.1, 0.15) is 0 Å². The number of hydrogen-bond donors (Lipinski definition) is 1. The predicted molar refractivity (Wildman–Crippen MR) is 76.5 cm³/mol. The zero-order valence-corrected chi connectivity index (χ0v) is 12.1. The summed E-state index contributed by atoms with van der Waals surface area (Å²) in [5.41, 5.74) is 6.22. The Morgan fingerprint density at radius 1 is 1.21 bits per heavy atom. The molecule has 0 saturated heterocycles. The minimum atomic E-state index is -3.39. The molecule has 0 unspecified atom stereocenters. The first kappa shape index (κ1) is 13.8. The highest BCUT2D eigenvalue weighted by molar-refractivity contribution is 7.90. The lowest BCUT2D eigenvalue weighted by atomic mass is 10.1. The molecule has 0 radical (unpaired) electrons. The summed E-state index contributed by atoms with van der Waals surface area (Å²) in [6.45, 7) is 1.91. The van der Waals surface area contributed by atoms with Crippen molar-refractivity contribution < 1.29 is 13.2 Å². The molecule has 1 aromatic carbocycles. The third-order valence-corrected chi connectivity index (χ3v) is 4.67. The second-order valence-corrected chi connectivity index (χ2v) is 7.61. The number of anilines is 1. The molecule has 2 N–H and O–H groups in total. The highest BCUT2D eigenvalue weighted by Crippen LogP contribution is 2.23. The lowest BCUT2D eigenvalue weighted by molar-refractivity contribution is 0.104. The van der Waals surface area contributed by atoms with E-state index in [1.54, 1.807) is 6.07 Å². The van der Waals surface area contributed by atoms with Gasteiger partial charge in [-0.15, -0.1) is 11.3 Å². The Kier molecular flexibility index (Phi) is 3.47. The number of thiophene rings is 1. The van der Waals surface area contributed by atoms with Crippen molar-refractivity contribution >= 4 is 32.6 Å². The van der Waals surface area contributed by atoms with Crippen LogP contribution < -0.4 is 5.73 Å². The Bertz CT molecular complexity index is 745. The minimum Gasteiger partial charge on any atom is -0.399 e. The molecule has 19 heavy (non-hydrogen) atoms. The van der Waals surface area contributed by atoms with Gasteiger partial charge in [-0.2, -0.15) is 0 Å². The molecule has 0 atom stereocenters. The normalized spacial score (nSPS) is 11.5. The van der Waals surface area contributed by atoms with Crippen molar-refractivity contribution in [3.63, 3.8) is 0 Å². The van der Waals surface area contributed by atoms with Gasteiger partial charge in [-0.05, 0) is 37.3 Å². The molecule has 2 aromatic rings. The maximum absolute atomic E-state index is 12.3. The Hall–Kier alpha value is -1.66. The van der Waals surface area contributed by atoms with Crippen LogP contribution in [0.1, 0.15) is 20.1 Å². The number of ketones is 1. The molecule has 1 heterocycles. The van der Waals surface area contributed by atoms with Gasteiger partial charge in [-0.25, -0.2) is 8.42 Å². The summed E-state index contributed by atoms with van der Waals surface area (Å²) < 4.78 is 23.1. The lowest BCUT2D eigenvalue weighted by Gasteiger charge is -2.04. The third-order valence-electron chi connectivity index (χ3n) is 2.58. The molecule has 0 fully saturated rings. The highest BCUT2D eigenvalue weighted by Gasteiger charge is 2.16. The van der Waals surface area contributed by atoms with Gasteiger partial charge in [0.2, 0.25) is 5.78 Å². The van der Waals surface area contributed by atoms with Gasteiger partial charge in [-0.3, -0.25) is 4.79 Å². The first-order chi connectivity index (χ1) is 8.77. The number of nitrogens with two attached hydrogens (primary N) is 1. The fourth-order valence-electron chi connectivity index (χ4n) is 1.67. The quantitative estimate of drug-likeness (QED) is 0.696. The predicted octanol–water partition coefficient (Wildman–Crippen LogP) is 2.27. The van der Waals surface area contributed by atoms with Crippen LogP contribution in [0.2, 0.25) is 0 Å². The van der Waals surface area contributed by atoms with Crippen LogP contribution in [0.25, 0.3) is 0 Å². The number of rotatable bonds is 3. The molecular formula is C13H13NO3S2. The fourth-order valence-corrected chi connectivity index (χ4v) is 3.19. The summed E-state index contributed by atoms with van der Waals surface area (Å²) in [5, 5.41) is 0. The highest BCUT2D eigenvalue weighted by atomic mass is 32.2. The van der Waals surface area contributed by atoms with E-state index in [0.29, 0.717) is 10.4 Å². The molecule has 100 valence electrons. The molecule has 0 aliphatic carbocycles. The topological polar surface area (TPSA) is 77.2 Å². The summed E-state index contributed by atoms with van der Waals surface area (Å²) in [7, 11) is -3.39. The van der Waals surface area contributed by atoms with Gasteiger partial charge >= 0.3 is 0 Å². The van der Waals surface area contributed by atoms with Gasteiger partial charge in [0.15, 0.2) is 9.84 Å². The zero-order valence-electron chi connectivity index (χ0n) is 10.5. The monoisotopic (exact) mass is 295 g/mol. The lowest BCUT2D eigenvalue weighted by Crippen LogP contribution is -2.04. The Morgan fingerprint density at radius 3 is 2.42 bits per heavy atom.